The predicted molar refractivity (Wildman–Crippen MR) is 83.9 cm³/mol. The Morgan fingerprint density at radius 3 is 2.76 bits per heavy atom. The van der Waals surface area contributed by atoms with E-state index in [-0.39, 0.29) is 5.92 Å². The molecule has 0 saturated carbocycles. The summed E-state index contributed by atoms with van der Waals surface area (Å²) in [6.07, 6.45) is 1.94. The molecule has 4 nitrogen and oxygen atoms in total. The first-order valence-electron chi connectivity index (χ1n) is 7.31. The van der Waals surface area contributed by atoms with E-state index in [0.717, 1.165) is 18.4 Å². The Balaban J connectivity index is 1.87. The fourth-order valence-electron chi connectivity index (χ4n) is 2.43. The van der Waals surface area contributed by atoms with E-state index in [1.807, 2.05) is 18.2 Å². The maximum atomic E-state index is 5.54. The number of hydrogen-bond acceptors (Lipinski definition) is 4. The van der Waals surface area contributed by atoms with Gasteiger partial charge in [0.05, 0.1) is 0 Å². The Morgan fingerprint density at radius 1 is 1.14 bits per heavy atom. The molecule has 1 atom stereocenters. The molecule has 3 rings (SSSR count). The summed E-state index contributed by atoms with van der Waals surface area (Å²) in [7, 11) is 0. The summed E-state index contributed by atoms with van der Waals surface area (Å²) in [5.74, 6) is 1.58. The summed E-state index contributed by atoms with van der Waals surface area (Å²) in [6, 6.07) is 14.4. The number of nitrogens with zero attached hydrogens (tertiary/aromatic N) is 2. The first-order chi connectivity index (χ1) is 10.3. The number of rotatable bonds is 5. The summed E-state index contributed by atoms with van der Waals surface area (Å²) in [5.41, 5.74) is 6.52. The van der Waals surface area contributed by atoms with Crippen LogP contribution in [-0.4, -0.2) is 16.7 Å². The zero-order valence-corrected chi connectivity index (χ0v) is 12.1. The third kappa shape index (κ3) is 2.95. The van der Waals surface area contributed by atoms with Crippen molar-refractivity contribution in [1.29, 1.82) is 0 Å². The van der Waals surface area contributed by atoms with Crippen LogP contribution in [0, 0.1) is 0 Å². The van der Waals surface area contributed by atoms with Gasteiger partial charge in [0.25, 0.3) is 0 Å². The first-order valence-corrected chi connectivity index (χ1v) is 7.31. The highest BCUT2D eigenvalue weighted by Gasteiger charge is 2.15. The Kier molecular flexibility index (Phi) is 3.97. The van der Waals surface area contributed by atoms with Gasteiger partial charge in [0.1, 0.15) is 0 Å². The van der Waals surface area contributed by atoms with Gasteiger partial charge >= 0.3 is 0 Å². The second-order valence-corrected chi connectivity index (χ2v) is 5.35. The molecule has 0 fully saturated rings. The van der Waals surface area contributed by atoms with Crippen molar-refractivity contribution >= 4 is 10.8 Å². The Labute approximate surface area is 124 Å². The van der Waals surface area contributed by atoms with E-state index < -0.39 is 0 Å². The van der Waals surface area contributed by atoms with Crippen LogP contribution in [0.3, 0.4) is 0 Å². The van der Waals surface area contributed by atoms with Crippen molar-refractivity contribution in [3.63, 3.8) is 0 Å². The maximum absolute atomic E-state index is 5.54. The Bertz CT molecular complexity index is 735. The van der Waals surface area contributed by atoms with Crippen molar-refractivity contribution in [3.05, 3.63) is 48.4 Å². The van der Waals surface area contributed by atoms with Crippen molar-refractivity contribution in [1.82, 2.24) is 10.1 Å². The van der Waals surface area contributed by atoms with Crippen molar-refractivity contribution in [3.8, 4) is 11.4 Å². The van der Waals surface area contributed by atoms with Crippen LogP contribution >= 0.6 is 0 Å². The zero-order valence-electron chi connectivity index (χ0n) is 12.1. The van der Waals surface area contributed by atoms with Crippen LogP contribution in [0.5, 0.6) is 0 Å². The minimum absolute atomic E-state index is 0.246. The van der Waals surface area contributed by atoms with Gasteiger partial charge < -0.3 is 10.3 Å². The third-order valence-electron chi connectivity index (χ3n) is 3.71. The van der Waals surface area contributed by atoms with E-state index in [0.29, 0.717) is 18.3 Å². The van der Waals surface area contributed by atoms with Crippen molar-refractivity contribution in [2.75, 3.05) is 6.54 Å². The highest BCUT2D eigenvalue weighted by Crippen LogP contribution is 2.25. The first kappa shape index (κ1) is 13.8. The lowest BCUT2D eigenvalue weighted by molar-refractivity contribution is 0.352. The lowest BCUT2D eigenvalue weighted by Gasteiger charge is -2.03. The van der Waals surface area contributed by atoms with E-state index in [9.17, 15) is 0 Å². The quantitative estimate of drug-likeness (QED) is 0.774. The van der Waals surface area contributed by atoms with Gasteiger partial charge in [-0.3, -0.25) is 0 Å². The third-order valence-corrected chi connectivity index (χ3v) is 3.71. The lowest BCUT2D eigenvalue weighted by Crippen LogP contribution is -2.02. The summed E-state index contributed by atoms with van der Waals surface area (Å²) in [4.78, 5) is 4.52. The van der Waals surface area contributed by atoms with Crippen LogP contribution in [0.2, 0.25) is 0 Å². The highest BCUT2D eigenvalue weighted by atomic mass is 16.5. The smallest absolute Gasteiger partial charge is 0.229 e. The van der Waals surface area contributed by atoms with Crippen LogP contribution in [-0.2, 0) is 0 Å². The normalized spacial score (nSPS) is 12.7. The molecule has 0 aliphatic carbocycles. The van der Waals surface area contributed by atoms with Gasteiger partial charge in [-0.05, 0) is 36.2 Å². The monoisotopic (exact) mass is 281 g/mol. The topological polar surface area (TPSA) is 64.9 Å². The second-order valence-electron chi connectivity index (χ2n) is 5.35. The molecule has 21 heavy (non-hydrogen) atoms. The Hall–Kier alpha value is -2.20. The molecule has 0 aliphatic rings. The summed E-state index contributed by atoms with van der Waals surface area (Å²) in [5, 5.41) is 6.49. The van der Waals surface area contributed by atoms with Gasteiger partial charge in [-0.2, -0.15) is 4.98 Å². The van der Waals surface area contributed by atoms with E-state index in [1.165, 1.54) is 10.8 Å². The van der Waals surface area contributed by atoms with E-state index in [1.54, 1.807) is 0 Å². The molecule has 3 aromatic rings. The minimum atomic E-state index is 0.246. The number of aromatic nitrogens is 2. The molecular weight excluding hydrogens is 262 g/mol. The minimum Gasteiger partial charge on any atom is -0.339 e. The van der Waals surface area contributed by atoms with Crippen LogP contribution in [0.25, 0.3) is 22.2 Å². The summed E-state index contributed by atoms with van der Waals surface area (Å²) < 4.78 is 5.39. The Morgan fingerprint density at radius 2 is 1.95 bits per heavy atom. The molecule has 0 radical (unpaired) electrons. The largest absolute Gasteiger partial charge is 0.339 e. The SMILES string of the molecule is CC(CCCN)c1nc(-c2ccc3ccccc3c2)no1. The molecule has 1 unspecified atom stereocenters. The predicted octanol–water partition coefficient (Wildman–Crippen LogP) is 3.73. The molecule has 0 aliphatic heterocycles. The molecule has 2 aromatic carbocycles. The van der Waals surface area contributed by atoms with E-state index >= 15 is 0 Å². The second kappa shape index (κ2) is 6.06. The molecule has 108 valence electrons. The van der Waals surface area contributed by atoms with E-state index in [4.69, 9.17) is 10.3 Å². The fourth-order valence-corrected chi connectivity index (χ4v) is 2.43. The molecule has 0 spiro atoms. The molecule has 0 bridgehead atoms. The molecule has 0 amide bonds. The molecule has 1 aromatic heterocycles. The van der Waals surface area contributed by atoms with Crippen LogP contribution in [0.4, 0.5) is 0 Å². The van der Waals surface area contributed by atoms with Gasteiger partial charge in [-0.15, -0.1) is 0 Å². The standard InChI is InChI=1S/C17H19N3O/c1-12(5-4-10-18)17-19-16(20-21-17)15-9-8-13-6-2-3-7-14(13)11-15/h2-3,6-9,11-12H,4-5,10,18H2,1H3. The molecule has 1 heterocycles. The number of benzene rings is 2. The summed E-state index contributed by atoms with van der Waals surface area (Å²) in [6.45, 7) is 2.78. The average molecular weight is 281 g/mol. The zero-order chi connectivity index (χ0) is 14.7. The van der Waals surface area contributed by atoms with Crippen LogP contribution < -0.4 is 5.73 Å². The summed E-state index contributed by atoms with van der Waals surface area (Å²) >= 11 is 0. The van der Waals surface area contributed by atoms with Crippen LogP contribution in [0.15, 0.2) is 47.0 Å². The molecule has 2 N–H and O–H groups in total. The number of nitrogens with two attached hydrogens (primary N) is 1. The van der Waals surface area contributed by atoms with Crippen LogP contribution in [0.1, 0.15) is 31.6 Å². The molecule has 0 saturated heterocycles. The van der Waals surface area contributed by atoms with Gasteiger partial charge in [0.15, 0.2) is 0 Å². The van der Waals surface area contributed by atoms with Crippen molar-refractivity contribution < 1.29 is 4.52 Å². The van der Waals surface area contributed by atoms with Gasteiger partial charge in [0, 0.05) is 11.5 Å². The number of fused-ring (bicyclic) bond motifs is 1. The molecular formula is C17H19N3O. The van der Waals surface area contributed by atoms with Gasteiger partial charge in [0.2, 0.25) is 11.7 Å². The van der Waals surface area contributed by atoms with Crippen molar-refractivity contribution in [2.24, 2.45) is 5.73 Å². The van der Waals surface area contributed by atoms with Gasteiger partial charge in [-0.25, -0.2) is 0 Å². The number of hydrogen-bond donors (Lipinski definition) is 1. The van der Waals surface area contributed by atoms with Gasteiger partial charge in [-0.1, -0.05) is 48.5 Å². The lowest BCUT2D eigenvalue weighted by atomic mass is 10.1. The van der Waals surface area contributed by atoms with E-state index in [2.05, 4.69) is 41.3 Å². The van der Waals surface area contributed by atoms with Crippen molar-refractivity contribution in [2.45, 2.75) is 25.7 Å². The highest BCUT2D eigenvalue weighted by molar-refractivity contribution is 5.86. The average Bonchev–Trinajstić information content (AvgIpc) is 3.02. The fraction of sp³-hybridized carbons (Fsp3) is 0.294. The molecule has 4 heteroatoms. The maximum Gasteiger partial charge on any atom is 0.229 e.